The van der Waals surface area contributed by atoms with Crippen LogP contribution in [0.4, 0.5) is 0 Å². The Bertz CT molecular complexity index is 1480. The first-order valence-corrected chi connectivity index (χ1v) is 13.5. The minimum atomic E-state index is -0.533. The summed E-state index contributed by atoms with van der Waals surface area (Å²) in [5.74, 6) is 2.23. The Morgan fingerprint density at radius 2 is 2.00 bits per heavy atom. The number of hydrogen-bond acceptors (Lipinski definition) is 6. The van der Waals surface area contributed by atoms with E-state index in [0.717, 1.165) is 17.5 Å². The number of ether oxygens (including phenoxy) is 2. The van der Waals surface area contributed by atoms with E-state index in [4.69, 9.17) is 25.5 Å². The highest BCUT2D eigenvalue weighted by atomic mass is 35.5. The number of H-pyrrole nitrogens is 1. The second-order valence-corrected chi connectivity index (χ2v) is 10.5. The van der Waals surface area contributed by atoms with Gasteiger partial charge in [0.1, 0.15) is 22.9 Å². The molecule has 1 unspecified atom stereocenters. The molecule has 0 saturated heterocycles. The average Bonchev–Trinajstić information content (AvgIpc) is 3.62. The number of phenolic OH excluding ortho intramolecular Hbond substituents is 1. The molecule has 0 radical (unpaired) electrons. The second-order valence-electron chi connectivity index (χ2n) is 10.1. The molecule has 0 spiro atoms. The van der Waals surface area contributed by atoms with Crippen molar-refractivity contribution in [3.05, 3.63) is 81.9 Å². The number of nitrogens with one attached hydrogen (secondary N) is 1. The highest BCUT2D eigenvalue weighted by molar-refractivity contribution is 6.31. The summed E-state index contributed by atoms with van der Waals surface area (Å²) in [6.07, 6.45) is 2.51. The lowest BCUT2D eigenvalue weighted by Gasteiger charge is -2.26. The fourth-order valence-electron chi connectivity index (χ4n) is 4.82. The first-order chi connectivity index (χ1) is 18.8. The molecule has 1 atom stereocenters. The van der Waals surface area contributed by atoms with E-state index in [1.165, 1.54) is 0 Å². The molecule has 5 rings (SSSR count). The van der Waals surface area contributed by atoms with Crippen LogP contribution in [-0.2, 0) is 6.54 Å². The van der Waals surface area contributed by atoms with Crippen LogP contribution in [0.2, 0.25) is 5.02 Å². The molecule has 0 bridgehead atoms. The lowest BCUT2D eigenvalue weighted by Crippen LogP contribution is -2.29. The van der Waals surface area contributed by atoms with Crippen LogP contribution in [0.15, 0.2) is 53.1 Å². The first-order valence-electron chi connectivity index (χ1n) is 13.1. The number of aromatic nitrogens is 2. The molecular formula is C30H32ClN3O5. The quantitative estimate of drug-likeness (QED) is 0.223. The standard InChI is InChI=1S/C30H32ClN3O5/c1-5-37-25-14-19(8-9-24(25)39-12-10-17(2)3)29-26-27(21-15-22(31)18(4)13-23(21)35)32-33-28(26)30(36)34(29)16-20-7-6-11-38-20/h6-9,11,13-15,17,29,35H,5,10,12,16H2,1-4H3,(H,32,33). The van der Waals surface area contributed by atoms with Crippen molar-refractivity contribution in [3.63, 3.8) is 0 Å². The van der Waals surface area contributed by atoms with Gasteiger partial charge < -0.3 is 23.9 Å². The van der Waals surface area contributed by atoms with Crippen LogP contribution in [-0.4, -0.2) is 39.3 Å². The molecule has 1 aliphatic heterocycles. The SMILES string of the molecule is CCOc1cc(C2c3c(-c4cc(Cl)c(C)cc4O)n[nH]c3C(=O)N2Cc2ccco2)ccc1OCCC(C)C. The number of aromatic amines is 1. The summed E-state index contributed by atoms with van der Waals surface area (Å²) in [4.78, 5) is 15.4. The van der Waals surface area contributed by atoms with Gasteiger partial charge in [-0.3, -0.25) is 9.89 Å². The number of amides is 1. The van der Waals surface area contributed by atoms with E-state index in [2.05, 4.69) is 24.0 Å². The number of carbonyl (C=O) groups is 1. The third kappa shape index (κ3) is 5.21. The maximum absolute atomic E-state index is 13.7. The van der Waals surface area contributed by atoms with E-state index in [-0.39, 0.29) is 18.2 Å². The molecule has 4 aromatic rings. The van der Waals surface area contributed by atoms with E-state index < -0.39 is 6.04 Å². The van der Waals surface area contributed by atoms with Crippen LogP contribution in [0, 0.1) is 12.8 Å². The summed E-state index contributed by atoms with van der Waals surface area (Å²) in [5.41, 5.74) is 3.46. The van der Waals surface area contributed by atoms with Gasteiger partial charge in [-0.2, -0.15) is 5.10 Å². The Morgan fingerprint density at radius 3 is 2.72 bits per heavy atom. The normalized spacial score (nSPS) is 14.8. The fourth-order valence-corrected chi connectivity index (χ4v) is 4.99. The molecule has 1 aliphatic rings. The van der Waals surface area contributed by atoms with Gasteiger partial charge in [-0.15, -0.1) is 0 Å². The predicted molar refractivity (Wildman–Crippen MR) is 148 cm³/mol. The molecule has 8 nitrogen and oxygen atoms in total. The van der Waals surface area contributed by atoms with Gasteiger partial charge in [0.25, 0.3) is 5.91 Å². The number of carbonyl (C=O) groups excluding carboxylic acids is 1. The molecule has 2 aromatic carbocycles. The van der Waals surface area contributed by atoms with Gasteiger partial charge >= 0.3 is 0 Å². The van der Waals surface area contributed by atoms with E-state index in [1.54, 1.807) is 29.4 Å². The van der Waals surface area contributed by atoms with E-state index in [9.17, 15) is 9.90 Å². The Balaban J connectivity index is 1.62. The van der Waals surface area contributed by atoms with Crippen molar-refractivity contribution in [1.29, 1.82) is 0 Å². The molecule has 0 aliphatic carbocycles. The van der Waals surface area contributed by atoms with Crippen LogP contribution in [0.1, 0.15) is 66.2 Å². The predicted octanol–water partition coefficient (Wildman–Crippen LogP) is 6.91. The van der Waals surface area contributed by atoms with Crippen LogP contribution < -0.4 is 9.47 Å². The van der Waals surface area contributed by atoms with Crippen molar-refractivity contribution in [1.82, 2.24) is 15.1 Å². The van der Waals surface area contributed by atoms with Crippen molar-refractivity contribution in [2.75, 3.05) is 13.2 Å². The first kappa shape index (κ1) is 26.7. The molecule has 39 heavy (non-hydrogen) atoms. The summed E-state index contributed by atoms with van der Waals surface area (Å²) in [6, 6.07) is 12.1. The minimum Gasteiger partial charge on any atom is -0.507 e. The minimum absolute atomic E-state index is 0.0331. The molecule has 9 heteroatoms. The number of hydrogen-bond donors (Lipinski definition) is 2. The molecule has 2 aromatic heterocycles. The van der Waals surface area contributed by atoms with Crippen LogP contribution in [0.3, 0.4) is 0 Å². The van der Waals surface area contributed by atoms with Gasteiger partial charge in [-0.05, 0) is 73.7 Å². The van der Waals surface area contributed by atoms with Crippen LogP contribution in [0.25, 0.3) is 11.3 Å². The summed E-state index contributed by atoms with van der Waals surface area (Å²) >= 11 is 6.42. The van der Waals surface area contributed by atoms with Crippen molar-refractivity contribution < 1.29 is 23.8 Å². The van der Waals surface area contributed by atoms with Gasteiger partial charge in [0, 0.05) is 16.1 Å². The van der Waals surface area contributed by atoms with Crippen LogP contribution >= 0.6 is 11.6 Å². The highest BCUT2D eigenvalue weighted by Crippen LogP contribution is 2.47. The number of furan rings is 1. The number of fused-ring (bicyclic) bond motifs is 1. The monoisotopic (exact) mass is 549 g/mol. The maximum atomic E-state index is 13.7. The number of halogens is 1. The molecular weight excluding hydrogens is 518 g/mol. The van der Waals surface area contributed by atoms with Crippen LogP contribution in [0.5, 0.6) is 17.2 Å². The van der Waals surface area contributed by atoms with Crippen molar-refractivity contribution in [2.24, 2.45) is 5.92 Å². The molecule has 2 N–H and O–H groups in total. The Labute approximate surface area is 232 Å². The Hall–Kier alpha value is -3.91. The van der Waals surface area contributed by atoms with Crippen molar-refractivity contribution in [3.8, 4) is 28.5 Å². The Morgan fingerprint density at radius 1 is 1.18 bits per heavy atom. The number of nitrogens with zero attached hydrogens (tertiary/aromatic N) is 2. The van der Waals surface area contributed by atoms with Gasteiger partial charge in [0.15, 0.2) is 11.5 Å². The summed E-state index contributed by atoms with van der Waals surface area (Å²) in [5, 5.41) is 18.7. The second kappa shape index (κ2) is 11.1. The maximum Gasteiger partial charge on any atom is 0.273 e. The number of aryl methyl sites for hydroxylation is 1. The summed E-state index contributed by atoms with van der Waals surface area (Å²) in [7, 11) is 0. The van der Waals surface area contributed by atoms with Gasteiger partial charge in [-0.25, -0.2) is 0 Å². The Kier molecular flexibility index (Phi) is 7.57. The largest absolute Gasteiger partial charge is 0.507 e. The molecule has 204 valence electrons. The lowest BCUT2D eigenvalue weighted by atomic mass is 9.95. The third-order valence-corrected chi connectivity index (χ3v) is 7.25. The topological polar surface area (TPSA) is 101 Å². The number of aromatic hydroxyl groups is 1. The molecule has 0 saturated carbocycles. The molecule has 1 amide bonds. The molecule has 3 heterocycles. The third-order valence-electron chi connectivity index (χ3n) is 6.84. The smallest absolute Gasteiger partial charge is 0.273 e. The van der Waals surface area contributed by atoms with E-state index >= 15 is 0 Å². The lowest BCUT2D eigenvalue weighted by molar-refractivity contribution is 0.0716. The van der Waals surface area contributed by atoms with Crippen molar-refractivity contribution >= 4 is 17.5 Å². The van der Waals surface area contributed by atoms with Gasteiger partial charge in [-0.1, -0.05) is 31.5 Å². The van der Waals surface area contributed by atoms with E-state index in [0.29, 0.717) is 63.9 Å². The number of benzene rings is 2. The highest BCUT2D eigenvalue weighted by Gasteiger charge is 2.43. The zero-order valence-corrected chi connectivity index (χ0v) is 23.2. The summed E-state index contributed by atoms with van der Waals surface area (Å²) < 4.78 is 17.6. The van der Waals surface area contributed by atoms with Gasteiger partial charge in [0.2, 0.25) is 0 Å². The number of phenols is 1. The van der Waals surface area contributed by atoms with E-state index in [1.807, 2.05) is 38.1 Å². The van der Waals surface area contributed by atoms with Crippen molar-refractivity contribution in [2.45, 2.75) is 46.7 Å². The fraction of sp³-hybridized carbons (Fsp3) is 0.333. The van der Waals surface area contributed by atoms with Gasteiger partial charge in [0.05, 0.1) is 32.1 Å². The zero-order chi connectivity index (χ0) is 27.7. The zero-order valence-electron chi connectivity index (χ0n) is 22.5. The average molecular weight is 550 g/mol. The number of rotatable bonds is 10. The molecule has 0 fully saturated rings. The summed E-state index contributed by atoms with van der Waals surface area (Å²) in [6.45, 7) is 9.32.